The predicted molar refractivity (Wildman–Crippen MR) is 106 cm³/mol. The van der Waals surface area contributed by atoms with Crippen LogP contribution in [0.1, 0.15) is 36.5 Å². The number of anilines is 1. The number of carbonyl (C=O) groups excluding carboxylic acids is 1. The summed E-state index contributed by atoms with van der Waals surface area (Å²) in [6.45, 7) is 7.60. The van der Waals surface area contributed by atoms with E-state index in [0.29, 0.717) is 17.0 Å². The zero-order chi connectivity index (χ0) is 17.8. The second-order valence-corrected chi connectivity index (χ2v) is 7.02. The lowest BCUT2D eigenvalue weighted by Crippen LogP contribution is -2.35. The van der Waals surface area contributed by atoms with Crippen molar-refractivity contribution in [3.63, 3.8) is 0 Å². The molecule has 0 spiro atoms. The van der Waals surface area contributed by atoms with Gasteiger partial charge in [-0.15, -0.1) is 11.8 Å². The number of benzene rings is 1. The van der Waals surface area contributed by atoms with Crippen molar-refractivity contribution >= 4 is 34.7 Å². The summed E-state index contributed by atoms with van der Waals surface area (Å²) in [6.07, 6.45) is 5.36. The molecule has 1 amide bonds. The van der Waals surface area contributed by atoms with Gasteiger partial charge in [0.15, 0.2) is 0 Å². The van der Waals surface area contributed by atoms with E-state index in [1.807, 2.05) is 41.7 Å². The monoisotopic (exact) mass is 356 g/mol. The van der Waals surface area contributed by atoms with Crippen LogP contribution in [-0.4, -0.2) is 40.1 Å². The average molecular weight is 356 g/mol. The molecule has 3 rings (SSSR count). The summed E-state index contributed by atoms with van der Waals surface area (Å²) >= 11 is 1.60. The van der Waals surface area contributed by atoms with Crippen molar-refractivity contribution in [3.05, 3.63) is 47.0 Å². The van der Waals surface area contributed by atoms with Gasteiger partial charge in [-0.25, -0.2) is 4.98 Å². The van der Waals surface area contributed by atoms with E-state index in [4.69, 9.17) is 0 Å². The summed E-state index contributed by atoms with van der Waals surface area (Å²) in [5, 5.41) is 5.26. The van der Waals surface area contributed by atoms with E-state index in [1.165, 1.54) is 6.42 Å². The van der Waals surface area contributed by atoms with Gasteiger partial charge < -0.3 is 15.2 Å². The quantitative estimate of drug-likeness (QED) is 0.781. The van der Waals surface area contributed by atoms with Crippen LogP contribution < -0.4 is 5.32 Å². The lowest BCUT2D eigenvalue weighted by atomic mass is 10.1. The Morgan fingerprint density at radius 3 is 2.80 bits per heavy atom. The molecule has 1 saturated heterocycles. The lowest BCUT2D eigenvalue weighted by Gasteiger charge is -2.26. The molecule has 1 aliphatic heterocycles. The second kappa shape index (κ2) is 7.78. The van der Waals surface area contributed by atoms with Gasteiger partial charge in [-0.1, -0.05) is 12.6 Å². The highest BCUT2D eigenvalue weighted by atomic mass is 32.2. The Hall–Kier alpha value is -2.21. The summed E-state index contributed by atoms with van der Waals surface area (Å²) < 4.78 is 0. The highest BCUT2D eigenvalue weighted by molar-refractivity contribution is 8.01. The summed E-state index contributed by atoms with van der Waals surface area (Å²) in [6, 6.07) is 5.71. The molecule has 0 unspecified atom stereocenters. The fourth-order valence-corrected chi connectivity index (χ4v) is 3.51. The summed E-state index contributed by atoms with van der Waals surface area (Å²) in [5.74, 6) is 0.695. The second-order valence-electron chi connectivity index (χ2n) is 6.31. The van der Waals surface area contributed by atoms with Gasteiger partial charge in [0.2, 0.25) is 5.95 Å². The molecule has 1 aliphatic rings. The van der Waals surface area contributed by atoms with Gasteiger partial charge in [0, 0.05) is 18.8 Å². The van der Waals surface area contributed by atoms with Gasteiger partial charge >= 0.3 is 0 Å². The van der Waals surface area contributed by atoms with Crippen LogP contribution in [0.5, 0.6) is 0 Å². The van der Waals surface area contributed by atoms with Gasteiger partial charge in [0.05, 0.1) is 11.1 Å². The third-order valence-electron chi connectivity index (χ3n) is 4.33. The van der Waals surface area contributed by atoms with Crippen molar-refractivity contribution < 1.29 is 4.79 Å². The molecule has 5 nitrogen and oxygen atoms in total. The third-order valence-corrected chi connectivity index (χ3v) is 4.81. The number of hydrogen-bond acceptors (Lipinski definition) is 4. The number of thioether (sulfide) groups is 1. The smallest absolute Gasteiger partial charge is 0.256 e. The van der Waals surface area contributed by atoms with Gasteiger partial charge in [-0.05, 0) is 55.6 Å². The molecule has 2 N–H and O–H groups in total. The largest absolute Gasteiger partial charge is 0.339 e. The van der Waals surface area contributed by atoms with Gasteiger partial charge in [0.1, 0.15) is 5.52 Å². The first-order valence-electron chi connectivity index (χ1n) is 8.54. The average Bonchev–Trinajstić information content (AvgIpc) is 3.04. The first kappa shape index (κ1) is 17.6. The van der Waals surface area contributed by atoms with E-state index in [2.05, 4.69) is 21.9 Å². The van der Waals surface area contributed by atoms with E-state index in [0.717, 1.165) is 42.7 Å². The number of para-hydroxylation sites is 1. The molecule has 132 valence electrons. The highest BCUT2D eigenvalue weighted by Crippen LogP contribution is 2.23. The number of nitrogens with zero attached hydrogens (tertiary/aromatic N) is 2. The Morgan fingerprint density at radius 2 is 2.12 bits per heavy atom. The Balaban J connectivity index is 1.91. The molecular formula is C19H24N4OS. The number of aromatic nitrogens is 2. The number of aromatic amines is 1. The molecule has 0 atom stereocenters. The minimum atomic E-state index is 0.0723. The van der Waals surface area contributed by atoms with Crippen LogP contribution >= 0.6 is 11.8 Å². The minimum Gasteiger partial charge on any atom is -0.339 e. The molecular weight excluding hydrogens is 332 g/mol. The van der Waals surface area contributed by atoms with Crippen molar-refractivity contribution in [2.75, 3.05) is 24.7 Å². The van der Waals surface area contributed by atoms with Crippen LogP contribution in [0.3, 0.4) is 0 Å². The maximum absolute atomic E-state index is 12.9. The lowest BCUT2D eigenvalue weighted by molar-refractivity contribution is 0.0726. The molecule has 6 heteroatoms. The summed E-state index contributed by atoms with van der Waals surface area (Å²) in [7, 11) is 0. The van der Waals surface area contributed by atoms with Gasteiger partial charge in [0.25, 0.3) is 5.91 Å². The van der Waals surface area contributed by atoms with E-state index >= 15 is 0 Å². The molecule has 0 bridgehead atoms. The zero-order valence-corrected chi connectivity index (χ0v) is 15.6. The molecule has 2 aromatic rings. The molecule has 25 heavy (non-hydrogen) atoms. The Bertz CT molecular complexity index is 818. The minimum absolute atomic E-state index is 0.0723. The topological polar surface area (TPSA) is 61.0 Å². The summed E-state index contributed by atoms with van der Waals surface area (Å²) in [4.78, 5) is 22.7. The fourth-order valence-electron chi connectivity index (χ4n) is 3.01. The molecule has 2 heterocycles. The molecule has 0 aliphatic carbocycles. The number of allylic oxidation sites excluding steroid dienone is 1. The van der Waals surface area contributed by atoms with Gasteiger partial charge in [-0.2, -0.15) is 0 Å². The molecule has 1 aromatic heterocycles. The number of H-pyrrole nitrogens is 1. The number of fused-ring (bicyclic) bond motifs is 1. The molecule has 0 radical (unpaired) electrons. The number of imidazole rings is 1. The number of rotatable bonds is 5. The molecule has 0 saturated carbocycles. The van der Waals surface area contributed by atoms with Crippen LogP contribution in [0, 0.1) is 0 Å². The van der Waals surface area contributed by atoms with Crippen molar-refractivity contribution in [3.8, 4) is 0 Å². The normalized spacial score (nSPS) is 15.4. The standard InChI is InChI=1S/C19H24N4OS/c1-13(2)16(12-25-3)21-19-20-15-9-7-8-14(17(15)22-19)18(24)23-10-5-4-6-11-23/h7-9,12H,1,4-6,10-11H2,2-3H3,(H2,20,21,22)/b16-12+. The number of nitrogens with one attached hydrogen (secondary N) is 2. The van der Waals surface area contributed by atoms with Crippen molar-refractivity contribution in [2.24, 2.45) is 0 Å². The van der Waals surface area contributed by atoms with Crippen LogP contribution in [0.15, 0.2) is 41.5 Å². The van der Waals surface area contributed by atoms with Crippen molar-refractivity contribution in [1.29, 1.82) is 0 Å². The highest BCUT2D eigenvalue weighted by Gasteiger charge is 2.21. The Labute approximate surface area is 152 Å². The van der Waals surface area contributed by atoms with E-state index in [9.17, 15) is 4.79 Å². The zero-order valence-electron chi connectivity index (χ0n) is 14.8. The first-order chi connectivity index (χ1) is 12.1. The molecule has 1 fully saturated rings. The molecule has 1 aromatic carbocycles. The Morgan fingerprint density at radius 1 is 1.36 bits per heavy atom. The van der Waals surface area contributed by atoms with Crippen molar-refractivity contribution in [1.82, 2.24) is 14.9 Å². The number of likely N-dealkylation sites (tertiary alicyclic amines) is 1. The first-order valence-corrected chi connectivity index (χ1v) is 9.83. The third kappa shape index (κ3) is 3.90. The number of piperidine rings is 1. The number of hydrogen-bond donors (Lipinski definition) is 2. The van der Waals surface area contributed by atoms with E-state index in [-0.39, 0.29) is 5.91 Å². The van der Waals surface area contributed by atoms with Gasteiger partial charge in [-0.3, -0.25) is 4.79 Å². The van der Waals surface area contributed by atoms with Crippen LogP contribution in [0.2, 0.25) is 0 Å². The van der Waals surface area contributed by atoms with Crippen LogP contribution in [-0.2, 0) is 0 Å². The summed E-state index contributed by atoms with van der Waals surface area (Å²) in [5.41, 5.74) is 4.07. The van der Waals surface area contributed by atoms with E-state index < -0.39 is 0 Å². The predicted octanol–water partition coefficient (Wildman–Crippen LogP) is 4.38. The SMILES string of the molecule is C=C(C)/C(=C\SC)Nc1nc2c(C(=O)N3CCCCC3)cccc2[nH]1. The maximum atomic E-state index is 12.9. The number of carbonyl (C=O) groups is 1. The van der Waals surface area contributed by atoms with Crippen LogP contribution in [0.25, 0.3) is 11.0 Å². The van der Waals surface area contributed by atoms with Crippen molar-refractivity contribution in [2.45, 2.75) is 26.2 Å². The number of amides is 1. The van der Waals surface area contributed by atoms with Crippen LogP contribution in [0.4, 0.5) is 5.95 Å². The maximum Gasteiger partial charge on any atom is 0.256 e. The fraction of sp³-hybridized carbons (Fsp3) is 0.368. The van der Waals surface area contributed by atoms with E-state index in [1.54, 1.807) is 11.8 Å². The Kier molecular flexibility index (Phi) is 5.48.